The van der Waals surface area contributed by atoms with Gasteiger partial charge in [0.2, 0.25) is 0 Å². The van der Waals surface area contributed by atoms with Crippen LogP contribution < -0.4 is 5.32 Å². The van der Waals surface area contributed by atoms with Crippen LogP contribution in [0.3, 0.4) is 0 Å². The molecule has 0 aliphatic heterocycles. The first-order chi connectivity index (χ1) is 9.72. The standard InChI is InChI=1S/C17H29N3/c1-13(14(2)12-18-15-7-8-15)11-16-9-10-20(19-16)17-5-3-4-6-17/h9-10,13-15,17-18H,3-8,11-12H2,1-2H3. The summed E-state index contributed by atoms with van der Waals surface area (Å²) in [6, 6.07) is 3.73. The summed E-state index contributed by atoms with van der Waals surface area (Å²) < 4.78 is 2.22. The molecule has 112 valence electrons. The van der Waals surface area contributed by atoms with Crippen molar-refractivity contribution in [3.8, 4) is 0 Å². The first-order valence-corrected chi connectivity index (χ1v) is 8.50. The van der Waals surface area contributed by atoms with Gasteiger partial charge in [-0.05, 0) is 56.6 Å². The second-order valence-electron chi connectivity index (χ2n) is 7.07. The lowest BCUT2D eigenvalue weighted by molar-refractivity contribution is 0.359. The Kier molecular flexibility index (Phi) is 4.45. The van der Waals surface area contributed by atoms with Crippen molar-refractivity contribution in [2.75, 3.05) is 6.54 Å². The summed E-state index contributed by atoms with van der Waals surface area (Å²) in [7, 11) is 0. The van der Waals surface area contributed by atoms with Crippen molar-refractivity contribution in [2.45, 2.75) is 70.9 Å². The lowest BCUT2D eigenvalue weighted by Crippen LogP contribution is -2.27. The topological polar surface area (TPSA) is 29.9 Å². The fourth-order valence-corrected chi connectivity index (χ4v) is 3.23. The zero-order valence-electron chi connectivity index (χ0n) is 13.0. The van der Waals surface area contributed by atoms with E-state index in [2.05, 4.69) is 36.1 Å². The molecule has 3 nitrogen and oxygen atoms in total. The smallest absolute Gasteiger partial charge is 0.0627 e. The van der Waals surface area contributed by atoms with Crippen molar-refractivity contribution in [1.82, 2.24) is 15.1 Å². The molecule has 1 N–H and O–H groups in total. The molecule has 0 saturated heterocycles. The predicted octanol–water partition coefficient (Wildman–Crippen LogP) is 3.56. The third-order valence-corrected chi connectivity index (χ3v) is 5.17. The Morgan fingerprint density at radius 1 is 1.20 bits per heavy atom. The van der Waals surface area contributed by atoms with Crippen LogP contribution >= 0.6 is 0 Å². The van der Waals surface area contributed by atoms with E-state index in [1.54, 1.807) is 0 Å². The minimum atomic E-state index is 0.674. The summed E-state index contributed by atoms with van der Waals surface area (Å²) in [6.45, 7) is 5.90. The van der Waals surface area contributed by atoms with Gasteiger partial charge in [0, 0.05) is 12.2 Å². The van der Waals surface area contributed by atoms with Crippen LogP contribution in [0, 0.1) is 11.8 Å². The van der Waals surface area contributed by atoms with Crippen molar-refractivity contribution in [3.05, 3.63) is 18.0 Å². The number of nitrogens with zero attached hydrogens (tertiary/aromatic N) is 2. The largest absolute Gasteiger partial charge is 0.314 e. The quantitative estimate of drug-likeness (QED) is 0.824. The highest BCUT2D eigenvalue weighted by Gasteiger charge is 2.23. The second kappa shape index (κ2) is 6.30. The van der Waals surface area contributed by atoms with E-state index in [0.717, 1.165) is 24.9 Å². The predicted molar refractivity (Wildman–Crippen MR) is 82.8 cm³/mol. The summed E-state index contributed by atoms with van der Waals surface area (Å²) in [6.07, 6.45) is 11.5. The van der Waals surface area contributed by atoms with E-state index in [1.165, 1.54) is 44.2 Å². The van der Waals surface area contributed by atoms with Gasteiger partial charge in [-0.15, -0.1) is 0 Å². The number of rotatable bonds is 7. The van der Waals surface area contributed by atoms with Crippen molar-refractivity contribution >= 4 is 0 Å². The van der Waals surface area contributed by atoms with Crippen LogP contribution in [0.4, 0.5) is 0 Å². The van der Waals surface area contributed by atoms with Crippen molar-refractivity contribution in [1.29, 1.82) is 0 Å². The van der Waals surface area contributed by atoms with Crippen LogP contribution in [-0.2, 0) is 6.42 Å². The average molecular weight is 275 g/mol. The number of aromatic nitrogens is 2. The minimum Gasteiger partial charge on any atom is -0.314 e. The molecule has 0 amide bonds. The van der Waals surface area contributed by atoms with E-state index in [9.17, 15) is 0 Å². The first kappa shape index (κ1) is 14.1. The summed E-state index contributed by atoms with van der Waals surface area (Å²) in [5.41, 5.74) is 1.28. The minimum absolute atomic E-state index is 0.674. The maximum absolute atomic E-state index is 4.82. The van der Waals surface area contributed by atoms with E-state index in [1.807, 2.05) is 0 Å². The Balaban J connectivity index is 1.48. The summed E-state index contributed by atoms with van der Waals surface area (Å²) in [4.78, 5) is 0. The zero-order valence-corrected chi connectivity index (χ0v) is 13.0. The van der Waals surface area contributed by atoms with Crippen molar-refractivity contribution in [2.24, 2.45) is 11.8 Å². The Morgan fingerprint density at radius 3 is 2.65 bits per heavy atom. The van der Waals surface area contributed by atoms with Gasteiger partial charge in [-0.2, -0.15) is 5.10 Å². The summed E-state index contributed by atoms with van der Waals surface area (Å²) in [5.74, 6) is 1.43. The highest BCUT2D eigenvalue weighted by atomic mass is 15.3. The summed E-state index contributed by atoms with van der Waals surface area (Å²) in [5, 5.41) is 8.47. The molecule has 20 heavy (non-hydrogen) atoms. The molecular weight excluding hydrogens is 246 g/mol. The van der Waals surface area contributed by atoms with E-state index in [0.29, 0.717) is 12.0 Å². The lowest BCUT2D eigenvalue weighted by atomic mass is 9.91. The van der Waals surface area contributed by atoms with Crippen LogP contribution in [0.2, 0.25) is 0 Å². The Hall–Kier alpha value is -0.830. The maximum atomic E-state index is 4.82. The molecule has 2 unspecified atom stereocenters. The molecule has 0 aromatic carbocycles. The summed E-state index contributed by atoms with van der Waals surface area (Å²) >= 11 is 0. The van der Waals surface area contributed by atoms with Gasteiger partial charge in [0.15, 0.2) is 0 Å². The molecule has 1 heterocycles. The number of hydrogen-bond acceptors (Lipinski definition) is 2. The van der Waals surface area contributed by atoms with Gasteiger partial charge in [0.05, 0.1) is 11.7 Å². The molecule has 2 atom stereocenters. The second-order valence-corrected chi connectivity index (χ2v) is 7.07. The van der Waals surface area contributed by atoms with Crippen LogP contribution in [0.25, 0.3) is 0 Å². The molecule has 1 aromatic heterocycles. The maximum Gasteiger partial charge on any atom is 0.0627 e. The van der Waals surface area contributed by atoms with Crippen LogP contribution in [0.5, 0.6) is 0 Å². The zero-order chi connectivity index (χ0) is 13.9. The molecule has 3 heteroatoms. The molecule has 0 spiro atoms. The van der Waals surface area contributed by atoms with Gasteiger partial charge in [-0.1, -0.05) is 26.7 Å². The van der Waals surface area contributed by atoms with Crippen molar-refractivity contribution in [3.63, 3.8) is 0 Å². The average Bonchev–Trinajstić information content (AvgIpc) is 2.92. The third-order valence-electron chi connectivity index (χ3n) is 5.17. The van der Waals surface area contributed by atoms with E-state index in [4.69, 9.17) is 5.10 Å². The van der Waals surface area contributed by atoms with Gasteiger partial charge in [0.25, 0.3) is 0 Å². The Morgan fingerprint density at radius 2 is 1.95 bits per heavy atom. The molecule has 2 aliphatic carbocycles. The molecule has 1 aromatic rings. The van der Waals surface area contributed by atoms with Gasteiger partial charge < -0.3 is 5.32 Å². The molecule has 2 aliphatic rings. The molecule has 0 bridgehead atoms. The van der Waals surface area contributed by atoms with Gasteiger partial charge in [-0.3, -0.25) is 4.68 Å². The molecular formula is C17H29N3. The fourth-order valence-electron chi connectivity index (χ4n) is 3.23. The number of hydrogen-bond donors (Lipinski definition) is 1. The first-order valence-electron chi connectivity index (χ1n) is 8.50. The monoisotopic (exact) mass is 275 g/mol. The normalized spacial score (nSPS) is 23.1. The highest BCUT2D eigenvalue weighted by Crippen LogP contribution is 2.29. The Labute approximate surface area is 123 Å². The molecule has 2 saturated carbocycles. The third kappa shape index (κ3) is 3.63. The highest BCUT2D eigenvalue weighted by molar-refractivity contribution is 5.01. The van der Waals surface area contributed by atoms with E-state index < -0.39 is 0 Å². The van der Waals surface area contributed by atoms with Gasteiger partial charge in [-0.25, -0.2) is 0 Å². The van der Waals surface area contributed by atoms with Crippen molar-refractivity contribution < 1.29 is 0 Å². The SMILES string of the molecule is CC(CNC1CC1)C(C)Cc1ccn(C2CCCC2)n1. The van der Waals surface area contributed by atoms with Crippen LogP contribution in [-0.4, -0.2) is 22.4 Å². The fraction of sp³-hybridized carbons (Fsp3) is 0.824. The van der Waals surface area contributed by atoms with Gasteiger partial charge >= 0.3 is 0 Å². The number of nitrogens with one attached hydrogen (secondary N) is 1. The van der Waals surface area contributed by atoms with E-state index in [-0.39, 0.29) is 0 Å². The van der Waals surface area contributed by atoms with Crippen LogP contribution in [0.1, 0.15) is 64.1 Å². The molecule has 2 fully saturated rings. The molecule has 3 rings (SSSR count). The van der Waals surface area contributed by atoms with Gasteiger partial charge in [0.1, 0.15) is 0 Å². The lowest BCUT2D eigenvalue weighted by Gasteiger charge is -2.19. The molecule has 0 radical (unpaired) electrons. The van der Waals surface area contributed by atoms with E-state index >= 15 is 0 Å². The Bertz CT molecular complexity index is 416. The van der Waals surface area contributed by atoms with Crippen LogP contribution in [0.15, 0.2) is 12.3 Å².